The van der Waals surface area contributed by atoms with Crippen molar-refractivity contribution in [2.75, 3.05) is 6.61 Å². The minimum Gasteiger partial charge on any atom is -0.490 e. The lowest BCUT2D eigenvalue weighted by Crippen LogP contribution is -2.45. The number of carbonyl (C=O) groups is 1. The summed E-state index contributed by atoms with van der Waals surface area (Å²) in [6, 6.07) is 9.94. The molecular weight excluding hydrogens is 396 g/mol. The fourth-order valence-corrected chi connectivity index (χ4v) is 4.79. The molecular formula is C25H36O4S. The number of carboxylic acid groups (broad SMARTS) is 1. The highest BCUT2D eigenvalue weighted by Gasteiger charge is 2.37. The van der Waals surface area contributed by atoms with E-state index in [-0.39, 0.29) is 17.4 Å². The van der Waals surface area contributed by atoms with Gasteiger partial charge in [0.25, 0.3) is 0 Å². The van der Waals surface area contributed by atoms with Crippen molar-refractivity contribution in [2.24, 2.45) is 5.41 Å². The first kappa shape index (κ1) is 24.4. The quantitative estimate of drug-likeness (QED) is 0.488. The Morgan fingerprint density at radius 1 is 1.03 bits per heavy atom. The number of aliphatic hydroxyl groups is 1. The number of carboxylic acids is 1. The van der Waals surface area contributed by atoms with Gasteiger partial charge in [0.2, 0.25) is 0 Å². The van der Waals surface area contributed by atoms with E-state index in [2.05, 4.69) is 32.9 Å². The van der Waals surface area contributed by atoms with E-state index in [0.717, 1.165) is 35.5 Å². The normalized spacial score (nSPS) is 14.4. The number of hydrogen-bond donors (Lipinski definition) is 2. The van der Waals surface area contributed by atoms with Crippen molar-refractivity contribution in [3.8, 4) is 5.75 Å². The molecule has 4 nitrogen and oxygen atoms in total. The molecule has 1 aromatic carbocycles. The molecule has 1 heterocycles. The van der Waals surface area contributed by atoms with Gasteiger partial charge in [-0.25, -0.2) is 4.79 Å². The van der Waals surface area contributed by atoms with Crippen LogP contribution in [0.1, 0.15) is 87.0 Å². The first-order valence-corrected chi connectivity index (χ1v) is 11.6. The van der Waals surface area contributed by atoms with Crippen LogP contribution in [0.5, 0.6) is 5.75 Å². The molecule has 1 unspecified atom stereocenters. The van der Waals surface area contributed by atoms with E-state index in [4.69, 9.17) is 4.74 Å². The fraction of sp³-hybridized carbons (Fsp3) is 0.560. The number of ether oxygens (including phenoxy) is 1. The van der Waals surface area contributed by atoms with Crippen molar-refractivity contribution in [1.29, 1.82) is 0 Å². The van der Waals surface area contributed by atoms with Gasteiger partial charge in [0.05, 0.1) is 0 Å². The van der Waals surface area contributed by atoms with Crippen molar-refractivity contribution in [2.45, 2.75) is 78.7 Å². The van der Waals surface area contributed by atoms with Crippen molar-refractivity contribution in [3.05, 3.63) is 51.2 Å². The minimum absolute atomic E-state index is 0.224. The van der Waals surface area contributed by atoms with Crippen LogP contribution in [-0.2, 0) is 11.8 Å². The second-order valence-corrected chi connectivity index (χ2v) is 10.3. The second kappa shape index (κ2) is 9.11. The average Bonchev–Trinajstić information content (AvgIpc) is 3.18. The van der Waals surface area contributed by atoms with Crippen LogP contribution in [0.2, 0.25) is 0 Å². The molecule has 0 saturated heterocycles. The number of thiophene rings is 1. The average molecular weight is 433 g/mol. The summed E-state index contributed by atoms with van der Waals surface area (Å²) in [5.74, 6) is -0.0828. The highest BCUT2D eigenvalue weighted by Crippen LogP contribution is 2.43. The molecule has 0 aliphatic rings. The molecule has 2 aromatic rings. The van der Waals surface area contributed by atoms with Gasteiger partial charge in [-0.3, -0.25) is 0 Å². The van der Waals surface area contributed by atoms with Gasteiger partial charge in [0.15, 0.2) is 0 Å². The molecule has 1 aromatic heterocycles. The Bertz CT molecular complexity index is 870. The summed E-state index contributed by atoms with van der Waals surface area (Å²) >= 11 is 1.36. The number of benzene rings is 1. The monoisotopic (exact) mass is 432 g/mol. The lowest BCUT2D eigenvalue weighted by Gasteiger charge is -2.37. The van der Waals surface area contributed by atoms with Crippen molar-refractivity contribution < 1.29 is 19.7 Å². The first-order chi connectivity index (χ1) is 13.9. The number of aryl methyl sites for hydroxylation is 1. The zero-order valence-corrected chi connectivity index (χ0v) is 20.2. The van der Waals surface area contributed by atoms with E-state index in [1.807, 2.05) is 39.8 Å². The molecule has 2 rings (SSSR count). The minimum atomic E-state index is -0.947. The third kappa shape index (κ3) is 4.73. The van der Waals surface area contributed by atoms with E-state index in [0.29, 0.717) is 4.88 Å². The van der Waals surface area contributed by atoms with E-state index in [1.165, 1.54) is 16.9 Å². The largest absolute Gasteiger partial charge is 0.490 e. The highest BCUT2D eigenvalue weighted by atomic mass is 32.1. The first-order valence-electron chi connectivity index (χ1n) is 10.7. The summed E-state index contributed by atoms with van der Waals surface area (Å²) in [5.41, 5.74) is 0.811. The van der Waals surface area contributed by atoms with Crippen molar-refractivity contribution in [1.82, 2.24) is 0 Å². The lowest BCUT2D eigenvalue weighted by atomic mass is 9.74. The molecule has 1 atom stereocenters. The Morgan fingerprint density at radius 2 is 1.67 bits per heavy atom. The number of hydrogen-bond acceptors (Lipinski definition) is 4. The molecule has 0 amide bonds. The topological polar surface area (TPSA) is 66.8 Å². The zero-order valence-electron chi connectivity index (χ0n) is 19.3. The number of rotatable bonds is 9. The maximum Gasteiger partial charge on any atom is 0.345 e. The second-order valence-electron chi connectivity index (χ2n) is 9.25. The van der Waals surface area contributed by atoms with Gasteiger partial charge in [0.1, 0.15) is 22.8 Å². The summed E-state index contributed by atoms with van der Waals surface area (Å²) in [5, 5.41) is 20.1. The van der Waals surface area contributed by atoms with Gasteiger partial charge in [-0.15, -0.1) is 11.3 Å². The van der Waals surface area contributed by atoms with E-state index in [1.54, 1.807) is 6.07 Å². The summed E-state index contributed by atoms with van der Waals surface area (Å²) < 4.78 is 6.07. The SMILES string of the molecule is CCc1cc(C(CC)(CC)c2ccc(C(=O)O)s2)ccc1OCC(C)(O)C(C)(C)C. The Kier molecular flexibility index (Phi) is 7.41. The molecule has 0 fully saturated rings. The maximum atomic E-state index is 11.4. The third-order valence-electron chi connectivity index (χ3n) is 6.61. The molecule has 0 saturated carbocycles. The summed E-state index contributed by atoms with van der Waals surface area (Å²) in [6.45, 7) is 14.4. The smallest absolute Gasteiger partial charge is 0.345 e. The van der Waals surface area contributed by atoms with Crippen molar-refractivity contribution >= 4 is 17.3 Å². The molecule has 0 aliphatic heterocycles. The van der Waals surface area contributed by atoms with Crippen LogP contribution >= 0.6 is 11.3 Å². The van der Waals surface area contributed by atoms with Gasteiger partial charge < -0.3 is 14.9 Å². The molecule has 0 bridgehead atoms. The molecule has 30 heavy (non-hydrogen) atoms. The predicted molar refractivity (Wildman–Crippen MR) is 124 cm³/mol. The highest BCUT2D eigenvalue weighted by molar-refractivity contribution is 7.14. The molecule has 0 radical (unpaired) electrons. The van der Waals surface area contributed by atoms with Gasteiger partial charge in [0, 0.05) is 10.3 Å². The molecule has 166 valence electrons. The lowest BCUT2D eigenvalue weighted by molar-refractivity contribution is -0.0726. The summed E-state index contributed by atoms with van der Waals surface area (Å²) in [4.78, 5) is 12.8. The van der Waals surface area contributed by atoms with Crippen LogP contribution in [0, 0.1) is 5.41 Å². The van der Waals surface area contributed by atoms with E-state index >= 15 is 0 Å². The van der Waals surface area contributed by atoms with Gasteiger partial charge in [-0.1, -0.05) is 53.7 Å². The molecule has 2 N–H and O–H groups in total. The maximum absolute atomic E-state index is 11.4. The third-order valence-corrected chi connectivity index (χ3v) is 7.89. The van der Waals surface area contributed by atoms with E-state index in [9.17, 15) is 15.0 Å². The fourth-order valence-electron chi connectivity index (χ4n) is 3.59. The van der Waals surface area contributed by atoms with Gasteiger partial charge in [-0.2, -0.15) is 0 Å². The Labute approximate surface area is 184 Å². The predicted octanol–water partition coefficient (Wildman–Crippen LogP) is 6.29. The van der Waals surface area contributed by atoms with Crippen LogP contribution < -0.4 is 4.74 Å². The molecule has 0 spiro atoms. The standard InChI is InChI=1S/C25H36O4S/c1-8-17-15-18(11-12-19(17)29-16-24(7,28)23(4,5)6)25(9-2,10-3)21-14-13-20(30-21)22(26)27/h11-15,28H,8-10,16H2,1-7H3,(H,26,27). The van der Waals surface area contributed by atoms with Crippen LogP contribution in [0.4, 0.5) is 0 Å². The molecule has 0 aliphatic carbocycles. The Morgan fingerprint density at radius 3 is 2.13 bits per heavy atom. The van der Waals surface area contributed by atoms with Gasteiger partial charge >= 0.3 is 5.97 Å². The van der Waals surface area contributed by atoms with Crippen LogP contribution in [0.25, 0.3) is 0 Å². The number of aromatic carboxylic acids is 1. The summed E-state index contributed by atoms with van der Waals surface area (Å²) in [7, 11) is 0. The zero-order chi connectivity index (χ0) is 22.7. The Hall–Kier alpha value is -1.85. The van der Waals surface area contributed by atoms with Crippen LogP contribution in [0.15, 0.2) is 30.3 Å². The Balaban J connectivity index is 2.42. The van der Waals surface area contributed by atoms with Gasteiger partial charge in [-0.05, 0) is 60.9 Å². The molecule has 5 heteroatoms. The van der Waals surface area contributed by atoms with Crippen molar-refractivity contribution in [3.63, 3.8) is 0 Å². The van der Waals surface area contributed by atoms with Crippen LogP contribution in [-0.4, -0.2) is 28.4 Å². The summed E-state index contributed by atoms with van der Waals surface area (Å²) in [6.07, 6.45) is 2.57. The van der Waals surface area contributed by atoms with E-state index < -0.39 is 11.6 Å². The van der Waals surface area contributed by atoms with Crippen LogP contribution in [0.3, 0.4) is 0 Å².